The Morgan fingerprint density at radius 3 is 2.06 bits per heavy atom. The zero-order chi connectivity index (χ0) is 13.4. The van der Waals surface area contributed by atoms with Crippen molar-refractivity contribution in [3.63, 3.8) is 0 Å². The van der Waals surface area contributed by atoms with Gasteiger partial charge in [0.15, 0.2) is 0 Å². The Labute approximate surface area is 108 Å². The molecule has 9 heteroatoms. The first kappa shape index (κ1) is 13.9. The van der Waals surface area contributed by atoms with E-state index in [4.69, 9.17) is 20.9 Å². The molecule has 0 aromatic heterocycles. The van der Waals surface area contributed by atoms with Crippen molar-refractivity contribution in [2.45, 2.75) is 4.90 Å². The summed E-state index contributed by atoms with van der Waals surface area (Å²) in [6, 6.07) is 1.61. The summed E-state index contributed by atoms with van der Waals surface area (Å²) in [6.45, 7) is 0. The summed E-state index contributed by atoms with van der Waals surface area (Å²) < 4.78 is 22.0. The highest BCUT2D eigenvalue weighted by Crippen LogP contribution is 2.30. The molecule has 17 heavy (non-hydrogen) atoms. The normalized spacial score (nSPS) is 11.2. The minimum atomic E-state index is -4.25. The Morgan fingerprint density at radius 2 is 1.71 bits per heavy atom. The number of halogens is 2. The molecule has 0 unspecified atom stereocenters. The lowest BCUT2D eigenvalue weighted by Crippen LogP contribution is -2.07. The van der Waals surface area contributed by atoms with Crippen molar-refractivity contribution in [1.82, 2.24) is 0 Å². The summed E-state index contributed by atoms with van der Waals surface area (Å²) in [6.07, 6.45) is 0. The third-order valence-corrected chi connectivity index (χ3v) is 4.24. The Hall–Kier alpha value is -1.12. The number of benzene rings is 1. The number of carbonyl (C=O) groups is 2. The van der Waals surface area contributed by atoms with Gasteiger partial charge in [-0.2, -0.15) is 0 Å². The Bertz CT molecular complexity index is 609. The van der Waals surface area contributed by atoms with Gasteiger partial charge in [0.05, 0.1) is 20.5 Å². The molecule has 92 valence electrons. The van der Waals surface area contributed by atoms with Gasteiger partial charge in [-0.25, -0.2) is 18.0 Å². The number of carboxylic acids is 2. The van der Waals surface area contributed by atoms with Crippen molar-refractivity contribution in [3.05, 3.63) is 27.7 Å². The molecule has 0 spiro atoms. The van der Waals surface area contributed by atoms with Crippen LogP contribution in [0.5, 0.6) is 0 Å². The average Bonchev–Trinajstić information content (AvgIpc) is 2.15. The van der Waals surface area contributed by atoms with Gasteiger partial charge in [-0.3, -0.25) is 0 Å². The maximum absolute atomic E-state index is 11.2. The highest BCUT2D eigenvalue weighted by molar-refractivity contribution is 9.10. The molecule has 2 N–H and O–H groups in total. The summed E-state index contributed by atoms with van der Waals surface area (Å²) in [4.78, 5) is 20.9. The fourth-order valence-corrected chi connectivity index (χ4v) is 3.33. The second-order valence-electron chi connectivity index (χ2n) is 2.88. The van der Waals surface area contributed by atoms with Crippen molar-refractivity contribution in [2.24, 2.45) is 0 Å². The standard InChI is InChI=1S/C8H4BrClO6S/c9-6-4(8(13)14)1-3(7(11)12)2-5(6)17(10,15)16/h1-2H,(H,11,12)(H,13,14). The SMILES string of the molecule is O=C(O)c1cc(C(=O)O)c(Br)c(S(=O)(=O)Cl)c1. The molecule has 1 aromatic carbocycles. The molecule has 0 saturated heterocycles. The van der Waals surface area contributed by atoms with Gasteiger partial charge >= 0.3 is 11.9 Å². The summed E-state index contributed by atoms with van der Waals surface area (Å²) >= 11 is 2.76. The smallest absolute Gasteiger partial charge is 0.336 e. The van der Waals surface area contributed by atoms with Crippen LogP contribution in [-0.2, 0) is 9.05 Å². The van der Waals surface area contributed by atoms with E-state index in [0.717, 1.165) is 12.1 Å². The van der Waals surface area contributed by atoms with Crippen LogP contribution in [0.15, 0.2) is 21.5 Å². The first-order chi connectivity index (χ1) is 7.64. The number of carboxylic acid groups (broad SMARTS) is 2. The van der Waals surface area contributed by atoms with E-state index >= 15 is 0 Å². The molecule has 0 fully saturated rings. The predicted molar refractivity (Wildman–Crippen MR) is 61.1 cm³/mol. The third-order valence-electron chi connectivity index (χ3n) is 1.78. The quantitative estimate of drug-likeness (QED) is 0.810. The van der Waals surface area contributed by atoms with Crippen LogP contribution in [0.1, 0.15) is 20.7 Å². The molecule has 6 nitrogen and oxygen atoms in total. The number of aromatic carboxylic acids is 2. The van der Waals surface area contributed by atoms with Crippen LogP contribution in [-0.4, -0.2) is 30.6 Å². The van der Waals surface area contributed by atoms with Crippen LogP contribution >= 0.6 is 26.6 Å². The molecule has 0 heterocycles. The molecule has 0 saturated carbocycles. The van der Waals surface area contributed by atoms with E-state index < -0.39 is 37.0 Å². The number of rotatable bonds is 3. The molecular formula is C8H4BrClO6S. The predicted octanol–water partition coefficient (Wildman–Crippen LogP) is 1.77. The van der Waals surface area contributed by atoms with Crippen LogP contribution in [0.4, 0.5) is 0 Å². The molecule has 1 rings (SSSR count). The minimum Gasteiger partial charge on any atom is -0.478 e. The van der Waals surface area contributed by atoms with Gasteiger partial charge in [-0.05, 0) is 28.1 Å². The fourth-order valence-electron chi connectivity index (χ4n) is 1.05. The van der Waals surface area contributed by atoms with E-state index in [1.807, 2.05) is 0 Å². The Balaban J connectivity index is 3.73. The molecule has 1 aromatic rings. The monoisotopic (exact) mass is 342 g/mol. The van der Waals surface area contributed by atoms with Crippen molar-refractivity contribution < 1.29 is 28.2 Å². The highest BCUT2D eigenvalue weighted by atomic mass is 79.9. The molecule has 0 radical (unpaired) electrons. The second kappa shape index (κ2) is 4.63. The lowest BCUT2D eigenvalue weighted by molar-refractivity contribution is 0.0695. The van der Waals surface area contributed by atoms with Gasteiger partial charge in [0.1, 0.15) is 0 Å². The first-order valence-electron chi connectivity index (χ1n) is 3.89. The van der Waals surface area contributed by atoms with E-state index in [-0.39, 0.29) is 4.47 Å². The van der Waals surface area contributed by atoms with Crippen LogP contribution in [0, 0.1) is 0 Å². The first-order valence-corrected chi connectivity index (χ1v) is 6.99. The van der Waals surface area contributed by atoms with Gasteiger partial charge in [0.2, 0.25) is 0 Å². The van der Waals surface area contributed by atoms with Crippen LogP contribution < -0.4 is 0 Å². The maximum Gasteiger partial charge on any atom is 0.336 e. The van der Waals surface area contributed by atoms with Gasteiger partial charge in [0.25, 0.3) is 9.05 Å². The zero-order valence-electron chi connectivity index (χ0n) is 7.85. The molecular weight excluding hydrogens is 340 g/mol. The Morgan fingerprint density at radius 1 is 1.18 bits per heavy atom. The molecule has 0 aliphatic rings. The zero-order valence-corrected chi connectivity index (χ0v) is 11.0. The molecule has 0 bridgehead atoms. The van der Waals surface area contributed by atoms with E-state index in [9.17, 15) is 18.0 Å². The molecule has 0 aliphatic heterocycles. The van der Waals surface area contributed by atoms with Crippen molar-refractivity contribution in [1.29, 1.82) is 0 Å². The van der Waals surface area contributed by atoms with Gasteiger partial charge in [-0.15, -0.1) is 0 Å². The van der Waals surface area contributed by atoms with Crippen LogP contribution in [0.25, 0.3) is 0 Å². The van der Waals surface area contributed by atoms with Crippen molar-refractivity contribution in [3.8, 4) is 0 Å². The van der Waals surface area contributed by atoms with Gasteiger partial charge < -0.3 is 10.2 Å². The van der Waals surface area contributed by atoms with E-state index in [1.165, 1.54) is 0 Å². The summed E-state index contributed by atoms with van der Waals surface area (Å²) in [5.41, 5.74) is -0.978. The van der Waals surface area contributed by atoms with Crippen molar-refractivity contribution >= 4 is 47.6 Å². The Kier molecular flexibility index (Phi) is 3.80. The summed E-state index contributed by atoms with van der Waals surface area (Å²) in [5.74, 6) is -2.93. The maximum atomic E-state index is 11.2. The lowest BCUT2D eigenvalue weighted by atomic mass is 10.1. The van der Waals surface area contributed by atoms with Gasteiger partial charge in [-0.1, -0.05) is 0 Å². The second-order valence-corrected chi connectivity index (χ2v) is 6.21. The topological polar surface area (TPSA) is 109 Å². The minimum absolute atomic E-state index is 0.287. The number of hydrogen-bond donors (Lipinski definition) is 2. The highest BCUT2D eigenvalue weighted by Gasteiger charge is 2.23. The summed E-state index contributed by atoms with van der Waals surface area (Å²) in [5, 5.41) is 17.5. The largest absolute Gasteiger partial charge is 0.478 e. The molecule has 0 amide bonds. The lowest BCUT2D eigenvalue weighted by Gasteiger charge is -2.06. The van der Waals surface area contributed by atoms with E-state index in [2.05, 4.69) is 15.9 Å². The molecule has 0 atom stereocenters. The van der Waals surface area contributed by atoms with Crippen LogP contribution in [0.2, 0.25) is 0 Å². The fraction of sp³-hybridized carbons (Fsp3) is 0. The molecule has 0 aliphatic carbocycles. The van der Waals surface area contributed by atoms with Crippen LogP contribution in [0.3, 0.4) is 0 Å². The summed E-state index contributed by atoms with van der Waals surface area (Å²) in [7, 11) is 0.827. The van der Waals surface area contributed by atoms with Gasteiger partial charge in [0, 0.05) is 10.7 Å². The average molecular weight is 344 g/mol. The number of hydrogen-bond acceptors (Lipinski definition) is 4. The van der Waals surface area contributed by atoms with E-state index in [1.54, 1.807) is 0 Å². The van der Waals surface area contributed by atoms with Crippen molar-refractivity contribution in [2.75, 3.05) is 0 Å². The van der Waals surface area contributed by atoms with E-state index in [0.29, 0.717) is 0 Å². The third kappa shape index (κ3) is 2.96.